The molecule has 0 radical (unpaired) electrons. The Kier molecular flexibility index (Phi) is 23.0. The molecule has 0 aliphatic heterocycles. The van der Waals surface area contributed by atoms with Crippen LogP contribution in [0.4, 0.5) is 0 Å². The highest BCUT2D eigenvalue weighted by atomic mass is 16.2. The first-order chi connectivity index (χ1) is 13.3. The summed E-state index contributed by atoms with van der Waals surface area (Å²) in [6.45, 7) is 5.06. The molecule has 0 spiro atoms. The Labute approximate surface area is 170 Å². The first-order valence-electron chi connectivity index (χ1n) is 12.3. The maximum absolute atomic E-state index is 11.4. The highest BCUT2D eigenvalue weighted by Crippen LogP contribution is 2.14. The Hall–Kier alpha value is -0.570. The van der Waals surface area contributed by atoms with Crippen LogP contribution in [0.5, 0.6) is 0 Å². The molecule has 27 heavy (non-hydrogen) atoms. The van der Waals surface area contributed by atoms with Crippen LogP contribution in [0.1, 0.15) is 142 Å². The minimum Gasteiger partial charge on any atom is -0.292 e. The molecule has 3 nitrogen and oxygen atoms in total. The molecule has 1 amide bonds. The van der Waals surface area contributed by atoms with Gasteiger partial charge in [0, 0.05) is 13.0 Å². The molecule has 0 aliphatic rings. The number of rotatable bonds is 22. The maximum atomic E-state index is 11.4. The highest BCUT2D eigenvalue weighted by Gasteiger charge is 1.99. The van der Waals surface area contributed by atoms with Gasteiger partial charge in [-0.15, -0.1) is 0 Å². The largest absolute Gasteiger partial charge is 0.292 e. The van der Waals surface area contributed by atoms with Gasteiger partial charge in [-0.3, -0.25) is 10.2 Å². The van der Waals surface area contributed by atoms with E-state index in [1.54, 1.807) is 0 Å². The molecule has 0 aromatic rings. The predicted molar refractivity (Wildman–Crippen MR) is 120 cm³/mol. The monoisotopic (exact) mass is 382 g/mol. The molecule has 0 heterocycles. The summed E-state index contributed by atoms with van der Waals surface area (Å²) in [5.41, 5.74) is 5.56. The van der Waals surface area contributed by atoms with Gasteiger partial charge in [0.25, 0.3) is 0 Å². The van der Waals surface area contributed by atoms with Gasteiger partial charge in [0.15, 0.2) is 0 Å². The molecule has 0 saturated heterocycles. The molecule has 0 aromatic heterocycles. The summed E-state index contributed by atoms with van der Waals surface area (Å²) < 4.78 is 0. The van der Waals surface area contributed by atoms with Crippen LogP contribution in [-0.2, 0) is 4.79 Å². The SMILES string of the molecule is CCCCCCCCCCCCCCCCCCCCCC(=O)NNCC. The summed E-state index contributed by atoms with van der Waals surface area (Å²) in [6.07, 6.45) is 27.0. The molecule has 0 fully saturated rings. The zero-order valence-electron chi connectivity index (χ0n) is 18.8. The lowest BCUT2D eigenvalue weighted by atomic mass is 10.0. The molecular weight excluding hydrogens is 332 g/mol. The minimum absolute atomic E-state index is 0.129. The third kappa shape index (κ3) is 23.4. The number of carbonyl (C=O) groups excluding carboxylic acids is 1. The normalized spacial score (nSPS) is 11.0. The second-order valence-electron chi connectivity index (χ2n) is 8.19. The van der Waals surface area contributed by atoms with Crippen LogP contribution in [0.25, 0.3) is 0 Å². The summed E-state index contributed by atoms with van der Waals surface area (Å²) in [5, 5.41) is 0. The van der Waals surface area contributed by atoms with Gasteiger partial charge in [-0.25, -0.2) is 5.43 Å². The predicted octanol–water partition coefficient (Wildman–Crippen LogP) is 7.45. The second-order valence-corrected chi connectivity index (χ2v) is 8.19. The molecule has 0 atom stereocenters. The van der Waals surface area contributed by atoms with Crippen molar-refractivity contribution in [3.8, 4) is 0 Å². The summed E-state index contributed by atoms with van der Waals surface area (Å²) in [5.74, 6) is 0.129. The number of amides is 1. The van der Waals surface area contributed by atoms with Crippen molar-refractivity contribution in [1.82, 2.24) is 10.9 Å². The van der Waals surface area contributed by atoms with Crippen LogP contribution in [0.15, 0.2) is 0 Å². The zero-order chi connectivity index (χ0) is 19.8. The number of hydrogen-bond donors (Lipinski definition) is 2. The first-order valence-corrected chi connectivity index (χ1v) is 12.3. The minimum atomic E-state index is 0.129. The van der Waals surface area contributed by atoms with Crippen LogP contribution in [0.2, 0.25) is 0 Å². The first kappa shape index (κ1) is 26.4. The van der Waals surface area contributed by atoms with Crippen LogP contribution < -0.4 is 10.9 Å². The van der Waals surface area contributed by atoms with Crippen molar-refractivity contribution in [2.24, 2.45) is 0 Å². The quantitative estimate of drug-likeness (QED) is 0.151. The Balaban J connectivity index is 3.04. The molecule has 0 aromatic carbocycles. The van der Waals surface area contributed by atoms with Gasteiger partial charge >= 0.3 is 0 Å². The van der Waals surface area contributed by atoms with E-state index in [9.17, 15) is 4.79 Å². The summed E-state index contributed by atoms with van der Waals surface area (Å²) in [7, 11) is 0. The molecule has 0 unspecified atom stereocenters. The maximum Gasteiger partial charge on any atom is 0.234 e. The van der Waals surface area contributed by atoms with Gasteiger partial charge in [0.1, 0.15) is 0 Å². The third-order valence-electron chi connectivity index (χ3n) is 5.41. The van der Waals surface area contributed by atoms with Crippen molar-refractivity contribution in [2.75, 3.05) is 6.54 Å². The van der Waals surface area contributed by atoms with Gasteiger partial charge in [-0.1, -0.05) is 129 Å². The smallest absolute Gasteiger partial charge is 0.234 e. The summed E-state index contributed by atoms with van der Waals surface area (Å²) in [6, 6.07) is 0. The van der Waals surface area contributed by atoms with Crippen molar-refractivity contribution in [1.29, 1.82) is 0 Å². The number of carbonyl (C=O) groups is 1. The highest BCUT2D eigenvalue weighted by molar-refractivity contribution is 5.75. The van der Waals surface area contributed by atoms with Crippen molar-refractivity contribution >= 4 is 5.91 Å². The lowest BCUT2D eigenvalue weighted by Gasteiger charge is -2.05. The zero-order valence-corrected chi connectivity index (χ0v) is 18.8. The van der Waals surface area contributed by atoms with E-state index < -0.39 is 0 Å². The van der Waals surface area contributed by atoms with Gasteiger partial charge in [-0.05, 0) is 6.42 Å². The Morgan fingerprint density at radius 1 is 0.519 bits per heavy atom. The molecule has 0 aliphatic carbocycles. The number of unbranched alkanes of at least 4 members (excludes halogenated alkanes) is 18. The van der Waals surface area contributed by atoms with Gasteiger partial charge in [0.05, 0.1) is 0 Å². The second kappa shape index (κ2) is 23.5. The van der Waals surface area contributed by atoms with Gasteiger partial charge < -0.3 is 0 Å². The summed E-state index contributed by atoms with van der Waals surface area (Å²) in [4.78, 5) is 11.4. The van der Waals surface area contributed by atoms with Crippen LogP contribution in [-0.4, -0.2) is 12.5 Å². The average Bonchev–Trinajstić information content (AvgIpc) is 2.68. The van der Waals surface area contributed by atoms with E-state index in [2.05, 4.69) is 17.8 Å². The fourth-order valence-corrected chi connectivity index (χ4v) is 3.61. The molecule has 3 heteroatoms. The van der Waals surface area contributed by atoms with Gasteiger partial charge in [0.2, 0.25) is 5.91 Å². The Morgan fingerprint density at radius 3 is 1.19 bits per heavy atom. The van der Waals surface area contributed by atoms with E-state index in [1.165, 1.54) is 116 Å². The molecule has 0 saturated carbocycles. The van der Waals surface area contributed by atoms with E-state index in [0.717, 1.165) is 13.0 Å². The number of nitrogens with one attached hydrogen (secondary N) is 2. The van der Waals surface area contributed by atoms with Gasteiger partial charge in [-0.2, -0.15) is 0 Å². The lowest BCUT2D eigenvalue weighted by Crippen LogP contribution is -2.36. The number of hydrogen-bond acceptors (Lipinski definition) is 2. The van der Waals surface area contributed by atoms with Crippen LogP contribution in [0, 0.1) is 0 Å². The van der Waals surface area contributed by atoms with Crippen molar-refractivity contribution < 1.29 is 4.79 Å². The third-order valence-corrected chi connectivity index (χ3v) is 5.41. The lowest BCUT2D eigenvalue weighted by molar-refractivity contribution is -0.122. The molecular formula is C24H50N2O. The van der Waals surface area contributed by atoms with Crippen LogP contribution in [0.3, 0.4) is 0 Å². The van der Waals surface area contributed by atoms with Crippen molar-refractivity contribution in [2.45, 2.75) is 142 Å². The van der Waals surface area contributed by atoms with E-state index in [1.807, 2.05) is 6.92 Å². The molecule has 0 bridgehead atoms. The number of hydrazine groups is 1. The fraction of sp³-hybridized carbons (Fsp3) is 0.958. The average molecular weight is 383 g/mol. The van der Waals surface area contributed by atoms with E-state index in [0.29, 0.717) is 6.42 Å². The summed E-state index contributed by atoms with van der Waals surface area (Å²) >= 11 is 0. The fourth-order valence-electron chi connectivity index (χ4n) is 3.61. The van der Waals surface area contributed by atoms with Crippen molar-refractivity contribution in [3.05, 3.63) is 0 Å². The molecule has 2 N–H and O–H groups in total. The topological polar surface area (TPSA) is 41.1 Å². The van der Waals surface area contributed by atoms with E-state index in [4.69, 9.17) is 0 Å². The standard InChI is InChI=1S/C24H50N2O/c1-3-5-6-7-8-9-10-11-12-13-14-15-16-17-18-19-20-21-22-23-24(27)26-25-4-2/h25H,3-23H2,1-2H3,(H,26,27). The molecule has 162 valence electrons. The van der Waals surface area contributed by atoms with E-state index in [-0.39, 0.29) is 5.91 Å². The Bertz CT molecular complexity index is 294. The van der Waals surface area contributed by atoms with Crippen LogP contribution >= 0.6 is 0 Å². The molecule has 0 rings (SSSR count). The van der Waals surface area contributed by atoms with Crippen molar-refractivity contribution in [3.63, 3.8) is 0 Å². The Morgan fingerprint density at radius 2 is 0.852 bits per heavy atom. The van der Waals surface area contributed by atoms with E-state index >= 15 is 0 Å².